The Kier molecular flexibility index (Phi) is 6.95. The highest BCUT2D eigenvalue weighted by Crippen LogP contribution is 2.30. The lowest BCUT2D eigenvalue weighted by atomic mass is 9.84. The van der Waals surface area contributed by atoms with Gasteiger partial charge in [-0.2, -0.15) is 0 Å². The van der Waals surface area contributed by atoms with Gasteiger partial charge in [-0.1, -0.05) is 60.7 Å². The average Bonchev–Trinajstić information content (AvgIpc) is 3.22. The minimum absolute atomic E-state index is 0.367. The molecular formula is C31H33NO3. The van der Waals surface area contributed by atoms with Gasteiger partial charge in [-0.05, 0) is 89.4 Å². The zero-order valence-corrected chi connectivity index (χ0v) is 20.9. The molecule has 35 heavy (non-hydrogen) atoms. The van der Waals surface area contributed by atoms with E-state index in [4.69, 9.17) is 0 Å². The van der Waals surface area contributed by atoms with Crippen LogP contribution < -0.4 is 0 Å². The molecule has 1 atom stereocenters. The molecule has 0 aliphatic carbocycles. The average molecular weight is 468 g/mol. The van der Waals surface area contributed by atoms with Crippen LogP contribution in [0.25, 0.3) is 34.1 Å². The molecule has 0 bridgehead atoms. The van der Waals surface area contributed by atoms with E-state index in [1.54, 1.807) is 6.92 Å². The zero-order chi connectivity index (χ0) is 25.2. The van der Waals surface area contributed by atoms with Gasteiger partial charge in [0.05, 0.1) is 12.0 Å². The Hall–Kier alpha value is -3.63. The minimum Gasteiger partial charge on any atom is -0.481 e. The van der Waals surface area contributed by atoms with Crippen LogP contribution >= 0.6 is 0 Å². The molecule has 0 aliphatic rings. The van der Waals surface area contributed by atoms with Crippen LogP contribution in [0.5, 0.6) is 0 Å². The summed E-state index contributed by atoms with van der Waals surface area (Å²) in [7, 11) is 2.05. The molecular weight excluding hydrogens is 434 g/mol. The molecule has 0 radical (unpaired) electrons. The van der Waals surface area contributed by atoms with Crippen molar-refractivity contribution in [1.29, 1.82) is 0 Å². The van der Waals surface area contributed by atoms with Crippen molar-refractivity contribution < 1.29 is 15.0 Å². The predicted octanol–water partition coefficient (Wildman–Crippen LogP) is 6.65. The van der Waals surface area contributed by atoms with E-state index in [-0.39, 0.29) is 6.61 Å². The number of aromatic nitrogens is 1. The Morgan fingerprint density at radius 1 is 0.971 bits per heavy atom. The first kappa shape index (κ1) is 24.5. The fourth-order valence-corrected chi connectivity index (χ4v) is 4.47. The smallest absolute Gasteiger partial charge is 0.311 e. The van der Waals surface area contributed by atoms with Gasteiger partial charge in [0, 0.05) is 19.4 Å². The van der Waals surface area contributed by atoms with E-state index in [2.05, 4.69) is 91.5 Å². The number of nitrogens with zero attached hydrogens (tertiary/aromatic N) is 1. The molecule has 4 heteroatoms. The molecule has 0 unspecified atom stereocenters. The van der Waals surface area contributed by atoms with Gasteiger partial charge in [-0.3, -0.25) is 4.79 Å². The molecule has 0 saturated carbocycles. The Bertz CT molecular complexity index is 1410. The first-order chi connectivity index (χ1) is 16.7. The van der Waals surface area contributed by atoms with E-state index in [0.717, 1.165) is 16.7 Å². The zero-order valence-electron chi connectivity index (χ0n) is 20.9. The Labute approximate surface area is 207 Å². The van der Waals surface area contributed by atoms with Crippen molar-refractivity contribution in [3.8, 4) is 11.1 Å². The van der Waals surface area contributed by atoms with E-state index >= 15 is 0 Å². The number of carboxylic acid groups (broad SMARTS) is 1. The summed E-state index contributed by atoms with van der Waals surface area (Å²) in [5.41, 5.74) is 7.04. The molecule has 4 aromatic rings. The summed E-state index contributed by atoms with van der Waals surface area (Å²) < 4.78 is 2.09. The van der Waals surface area contributed by atoms with Crippen molar-refractivity contribution >= 4 is 28.9 Å². The summed E-state index contributed by atoms with van der Waals surface area (Å²) in [4.78, 5) is 11.5. The highest BCUT2D eigenvalue weighted by molar-refractivity contribution is 5.88. The number of hydrogen-bond acceptors (Lipinski definition) is 2. The second-order valence-corrected chi connectivity index (χ2v) is 9.84. The van der Waals surface area contributed by atoms with Gasteiger partial charge in [-0.25, -0.2) is 0 Å². The van der Waals surface area contributed by atoms with E-state index < -0.39 is 11.4 Å². The molecule has 0 saturated heterocycles. The summed E-state index contributed by atoms with van der Waals surface area (Å²) in [5, 5.41) is 21.4. The second-order valence-electron chi connectivity index (χ2n) is 9.84. The van der Waals surface area contributed by atoms with Crippen molar-refractivity contribution in [2.75, 3.05) is 6.61 Å². The molecule has 2 N–H and O–H groups in total. The minimum atomic E-state index is -1.12. The summed E-state index contributed by atoms with van der Waals surface area (Å²) in [5.74, 6) is -0.964. The molecule has 0 amide bonds. The normalized spacial score (nSPS) is 13.4. The van der Waals surface area contributed by atoms with Crippen LogP contribution in [0.4, 0.5) is 0 Å². The second kappa shape index (κ2) is 9.93. The predicted molar refractivity (Wildman–Crippen MR) is 144 cm³/mol. The van der Waals surface area contributed by atoms with Crippen LogP contribution in [0.1, 0.15) is 41.2 Å². The molecule has 1 heterocycles. The van der Waals surface area contributed by atoms with Gasteiger partial charge >= 0.3 is 5.97 Å². The van der Waals surface area contributed by atoms with Crippen molar-refractivity contribution in [2.45, 2.75) is 33.6 Å². The van der Waals surface area contributed by atoms with Crippen LogP contribution in [-0.4, -0.2) is 27.4 Å². The third kappa shape index (κ3) is 5.23. The number of fused-ring (bicyclic) bond motifs is 1. The van der Waals surface area contributed by atoms with Crippen LogP contribution in [0.15, 0.2) is 67.0 Å². The van der Waals surface area contributed by atoms with E-state index in [0.29, 0.717) is 12.8 Å². The highest BCUT2D eigenvalue weighted by atomic mass is 16.4. The Morgan fingerprint density at radius 2 is 1.71 bits per heavy atom. The van der Waals surface area contributed by atoms with Crippen LogP contribution in [0.2, 0.25) is 0 Å². The number of aryl methyl sites for hydroxylation is 3. The number of aliphatic carboxylic acids is 1. The third-order valence-electron chi connectivity index (χ3n) is 7.08. The number of carboxylic acids is 1. The molecule has 0 spiro atoms. The van der Waals surface area contributed by atoms with Gasteiger partial charge in [0.1, 0.15) is 0 Å². The van der Waals surface area contributed by atoms with Crippen molar-refractivity contribution in [2.24, 2.45) is 12.5 Å². The topological polar surface area (TPSA) is 62.5 Å². The summed E-state index contributed by atoms with van der Waals surface area (Å²) in [6.45, 7) is 5.47. The van der Waals surface area contributed by atoms with Gasteiger partial charge in [0.25, 0.3) is 0 Å². The number of aliphatic hydroxyl groups is 1. The van der Waals surface area contributed by atoms with Crippen molar-refractivity contribution in [3.63, 3.8) is 0 Å². The van der Waals surface area contributed by atoms with Crippen LogP contribution in [-0.2, 0) is 18.3 Å². The molecule has 4 nitrogen and oxygen atoms in total. The SMILES string of the molecule is Cc1ccc(CC[C@@](C)(CO)C(=O)O)cc1/C=C/c1cccc(-c2ccc3cn(C)cc3c2)c1C. The maximum atomic E-state index is 11.5. The third-order valence-corrected chi connectivity index (χ3v) is 7.08. The van der Waals surface area contributed by atoms with Gasteiger partial charge in [0.2, 0.25) is 0 Å². The molecule has 180 valence electrons. The molecule has 4 rings (SSSR count). The Balaban J connectivity index is 1.59. The van der Waals surface area contributed by atoms with E-state index in [9.17, 15) is 15.0 Å². The standard InChI is InChI=1S/C31H33NO3/c1-21-8-9-23(14-15-31(3,20-33)30(34)35)16-25(21)11-10-24-6-5-7-29(22(24)2)26-12-13-27-18-32(4)19-28(27)17-26/h5-13,16-19,33H,14-15,20H2,1-4H3,(H,34,35)/b11-10+/t31-/m0/s1. The van der Waals surface area contributed by atoms with E-state index in [1.807, 2.05) is 13.1 Å². The first-order valence-corrected chi connectivity index (χ1v) is 12.0. The monoisotopic (exact) mass is 467 g/mol. The fourth-order valence-electron chi connectivity index (χ4n) is 4.47. The summed E-state index contributed by atoms with van der Waals surface area (Å²) in [6, 6.07) is 19.2. The first-order valence-electron chi connectivity index (χ1n) is 12.0. The number of carbonyl (C=O) groups is 1. The lowest BCUT2D eigenvalue weighted by Gasteiger charge is -2.21. The number of hydrogen-bond donors (Lipinski definition) is 2. The largest absolute Gasteiger partial charge is 0.481 e. The van der Waals surface area contributed by atoms with Crippen LogP contribution in [0.3, 0.4) is 0 Å². The number of aliphatic hydroxyl groups excluding tert-OH is 1. The summed E-state index contributed by atoms with van der Waals surface area (Å²) >= 11 is 0. The van der Waals surface area contributed by atoms with E-state index in [1.165, 1.54) is 33.0 Å². The number of benzene rings is 3. The Morgan fingerprint density at radius 3 is 2.46 bits per heavy atom. The molecule has 3 aromatic carbocycles. The maximum absolute atomic E-state index is 11.5. The van der Waals surface area contributed by atoms with Crippen LogP contribution in [0, 0.1) is 19.3 Å². The summed E-state index contributed by atoms with van der Waals surface area (Å²) in [6.07, 6.45) is 9.55. The molecule has 1 aromatic heterocycles. The molecule has 0 aliphatic heterocycles. The number of rotatable bonds is 8. The van der Waals surface area contributed by atoms with Gasteiger partial charge in [-0.15, -0.1) is 0 Å². The molecule has 0 fully saturated rings. The van der Waals surface area contributed by atoms with Gasteiger partial charge in [0.15, 0.2) is 0 Å². The van der Waals surface area contributed by atoms with Gasteiger partial charge < -0.3 is 14.8 Å². The quantitative estimate of drug-likeness (QED) is 0.285. The lowest BCUT2D eigenvalue weighted by molar-refractivity contribution is -0.150. The van der Waals surface area contributed by atoms with Crippen molar-refractivity contribution in [1.82, 2.24) is 4.57 Å². The fraction of sp³-hybridized carbons (Fsp3) is 0.258. The van der Waals surface area contributed by atoms with Crippen molar-refractivity contribution in [3.05, 3.63) is 94.8 Å². The lowest BCUT2D eigenvalue weighted by Crippen LogP contribution is -2.32. The highest BCUT2D eigenvalue weighted by Gasteiger charge is 2.31. The maximum Gasteiger partial charge on any atom is 0.311 e.